The molecule has 154 valence electrons. The zero-order valence-corrected chi connectivity index (χ0v) is 16.7. The summed E-state index contributed by atoms with van der Waals surface area (Å²) in [6.07, 6.45) is -3.13. The first kappa shape index (κ1) is 19.8. The second-order valence-electron chi connectivity index (χ2n) is 7.98. The molecule has 1 amide bonds. The van der Waals surface area contributed by atoms with Gasteiger partial charge in [-0.05, 0) is 19.8 Å². The van der Waals surface area contributed by atoms with Gasteiger partial charge in [0.25, 0.3) is 0 Å². The van der Waals surface area contributed by atoms with E-state index in [0.29, 0.717) is 37.4 Å². The van der Waals surface area contributed by atoms with Gasteiger partial charge in [-0.1, -0.05) is 11.6 Å². The van der Waals surface area contributed by atoms with Crippen LogP contribution in [0, 0.1) is 23.7 Å². The summed E-state index contributed by atoms with van der Waals surface area (Å²) < 4.78 is 41.1. The van der Waals surface area contributed by atoms with Gasteiger partial charge >= 0.3 is 6.18 Å². The third-order valence-electron chi connectivity index (χ3n) is 5.88. The van der Waals surface area contributed by atoms with Crippen LogP contribution in [-0.2, 0) is 11.0 Å². The largest absolute Gasteiger partial charge is 0.434 e. The molecule has 2 aromatic heterocycles. The van der Waals surface area contributed by atoms with Crippen molar-refractivity contribution in [2.45, 2.75) is 32.9 Å². The van der Waals surface area contributed by atoms with Crippen LogP contribution in [0.1, 0.15) is 36.7 Å². The molecule has 1 spiro atoms. The van der Waals surface area contributed by atoms with Crippen molar-refractivity contribution in [3.05, 3.63) is 22.0 Å². The predicted molar refractivity (Wildman–Crippen MR) is 102 cm³/mol. The maximum absolute atomic E-state index is 13.7. The molecule has 0 aromatic carbocycles. The summed E-state index contributed by atoms with van der Waals surface area (Å²) >= 11 is 6.21. The lowest BCUT2D eigenvalue weighted by atomic mass is 9.73. The molecule has 1 N–H and O–H groups in total. The van der Waals surface area contributed by atoms with Crippen molar-refractivity contribution in [3.8, 4) is 6.07 Å². The molecule has 2 fully saturated rings. The molecule has 2 aliphatic heterocycles. The molecule has 0 aliphatic carbocycles. The van der Waals surface area contributed by atoms with E-state index in [0.717, 1.165) is 12.8 Å². The van der Waals surface area contributed by atoms with Crippen LogP contribution in [0.4, 0.5) is 18.9 Å². The lowest BCUT2D eigenvalue weighted by molar-refractivity contribution is -0.142. The maximum Gasteiger partial charge on any atom is 0.434 e. The quantitative estimate of drug-likeness (QED) is 0.752. The molecule has 4 rings (SSSR count). The number of aromatic amines is 1. The Hall–Kier alpha value is -2.47. The number of anilines is 1. The molecule has 0 radical (unpaired) electrons. The second kappa shape index (κ2) is 6.52. The Bertz CT molecular complexity index is 1050. The van der Waals surface area contributed by atoms with E-state index in [9.17, 15) is 23.2 Å². The van der Waals surface area contributed by atoms with Crippen LogP contribution in [0.5, 0.6) is 0 Å². The number of nitriles is 1. The third-order valence-corrected chi connectivity index (χ3v) is 6.34. The summed E-state index contributed by atoms with van der Waals surface area (Å²) in [4.78, 5) is 21.9. The molecular weight excluding hydrogens is 407 g/mol. The molecule has 6 nitrogen and oxygen atoms in total. The molecule has 2 aromatic rings. The van der Waals surface area contributed by atoms with Gasteiger partial charge in [0.2, 0.25) is 5.91 Å². The zero-order chi connectivity index (χ0) is 21.1. The smallest absolute Gasteiger partial charge is 0.368 e. The lowest BCUT2D eigenvalue weighted by Crippen LogP contribution is -2.64. The minimum atomic E-state index is -4.78. The number of nitrogens with zero attached hydrogens (tertiary/aromatic N) is 4. The average Bonchev–Trinajstić information content (AvgIpc) is 2.91. The number of pyridine rings is 1. The van der Waals surface area contributed by atoms with Gasteiger partial charge in [0.05, 0.1) is 16.2 Å². The minimum Gasteiger partial charge on any atom is -0.368 e. The van der Waals surface area contributed by atoms with Gasteiger partial charge in [0.1, 0.15) is 17.1 Å². The standard InChI is InChI=1S/C19H19ClF3N5O/c1-10-13(20)14-15(25-10)16(12(6-24)17(26-14)19(21,22)23)27-5-3-4-18(7-27)8-28(9-18)11(2)29/h25H,3-5,7-9H2,1-2H3. The number of amides is 1. The first-order valence-corrected chi connectivity index (χ1v) is 9.64. The summed E-state index contributed by atoms with van der Waals surface area (Å²) in [6, 6.07) is 1.73. The SMILES string of the molecule is CC(=O)N1CC2(CCCN(c3c(C#N)c(C(F)(F)F)nc4c(Cl)c(C)[nH]c34)C2)C1. The number of carbonyl (C=O) groups is 1. The number of piperidine rings is 1. The Kier molecular flexibility index (Phi) is 4.46. The van der Waals surface area contributed by atoms with Gasteiger partial charge in [-0.2, -0.15) is 18.4 Å². The Labute approximate surface area is 170 Å². The van der Waals surface area contributed by atoms with Gasteiger partial charge in [-0.3, -0.25) is 4.79 Å². The van der Waals surface area contributed by atoms with Crippen molar-refractivity contribution in [1.82, 2.24) is 14.9 Å². The normalized spacial score (nSPS) is 18.8. The Morgan fingerprint density at radius 3 is 2.62 bits per heavy atom. The van der Waals surface area contributed by atoms with Crippen LogP contribution >= 0.6 is 11.6 Å². The van der Waals surface area contributed by atoms with E-state index in [1.807, 2.05) is 4.90 Å². The van der Waals surface area contributed by atoms with Crippen LogP contribution in [-0.4, -0.2) is 47.0 Å². The monoisotopic (exact) mass is 425 g/mol. The number of carbonyl (C=O) groups excluding carboxylic acids is 1. The topological polar surface area (TPSA) is 76.0 Å². The Morgan fingerprint density at radius 1 is 1.34 bits per heavy atom. The fourth-order valence-electron chi connectivity index (χ4n) is 4.54. The first-order chi connectivity index (χ1) is 13.6. The molecule has 0 unspecified atom stereocenters. The fraction of sp³-hybridized carbons (Fsp3) is 0.526. The molecule has 2 saturated heterocycles. The number of alkyl halides is 3. The summed E-state index contributed by atoms with van der Waals surface area (Å²) in [5.74, 6) is -0.0112. The number of likely N-dealkylation sites (tertiary alicyclic amines) is 1. The Morgan fingerprint density at radius 2 is 2.03 bits per heavy atom. The number of fused-ring (bicyclic) bond motifs is 1. The van der Waals surface area contributed by atoms with E-state index in [2.05, 4.69) is 9.97 Å². The van der Waals surface area contributed by atoms with Crippen LogP contribution in [0.2, 0.25) is 5.02 Å². The van der Waals surface area contributed by atoms with Crippen LogP contribution in [0.3, 0.4) is 0 Å². The predicted octanol–water partition coefficient (Wildman–Crippen LogP) is 3.86. The molecule has 29 heavy (non-hydrogen) atoms. The van der Waals surface area contributed by atoms with E-state index < -0.39 is 17.4 Å². The highest BCUT2D eigenvalue weighted by atomic mass is 35.5. The first-order valence-electron chi connectivity index (χ1n) is 9.26. The van der Waals surface area contributed by atoms with Crippen molar-refractivity contribution < 1.29 is 18.0 Å². The van der Waals surface area contributed by atoms with Gasteiger partial charge in [-0.15, -0.1) is 0 Å². The number of hydrogen-bond acceptors (Lipinski definition) is 4. The van der Waals surface area contributed by atoms with Gasteiger partial charge in [0.15, 0.2) is 5.69 Å². The van der Waals surface area contributed by atoms with Crippen LogP contribution in [0.15, 0.2) is 0 Å². The van der Waals surface area contributed by atoms with Crippen molar-refractivity contribution in [3.63, 3.8) is 0 Å². The van der Waals surface area contributed by atoms with E-state index in [-0.39, 0.29) is 27.5 Å². The highest BCUT2D eigenvalue weighted by Gasteiger charge is 2.48. The summed E-state index contributed by atoms with van der Waals surface area (Å²) in [7, 11) is 0. The number of aryl methyl sites for hydroxylation is 1. The third kappa shape index (κ3) is 3.10. The number of aromatic nitrogens is 2. The highest BCUT2D eigenvalue weighted by molar-refractivity contribution is 6.36. The van der Waals surface area contributed by atoms with E-state index >= 15 is 0 Å². The van der Waals surface area contributed by atoms with Gasteiger partial charge < -0.3 is 14.8 Å². The molecule has 10 heteroatoms. The van der Waals surface area contributed by atoms with Gasteiger partial charge in [-0.25, -0.2) is 4.98 Å². The average molecular weight is 426 g/mol. The Balaban J connectivity index is 1.85. The zero-order valence-electron chi connectivity index (χ0n) is 16.0. The van der Waals surface area contributed by atoms with Crippen LogP contribution < -0.4 is 4.90 Å². The summed E-state index contributed by atoms with van der Waals surface area (Å²) in [5, 5.41) is 9.75. The second-order valence-corrected chi connectivity index (χ2v) is 8.36. The molecule has 2 aliphatic rings. The van der Waals surface area contributed by atoms with Crippen molar-refractivity contribution in [2.24, 2.45) is 5.41 Å². The molecular formula is C19H19ClF3N5O. The number of hydrogen-bond donors (Lipinski definition) is 1. The minimum absolute atomic E-state index is 0.0112. The van der Waals surface area contributed by atoms with Crippen LogP contribution in [0.25, 0.3) is 11.0 Å². The maximum atomic E-state index is 13.7. The summed E-state index contributed by atoms with van der Waals surface area (Å²) in [6.45, 7) is 5.30. The molecule has 4 heterocycles. The van der Waals surface area contributed by atoms with Crippen molar-refractivity contribution in [2.75, 3.05) is 31.1 Å². The van der Waals surface area contributed by atoms with E-state index in [4.69, 9.17) is 11.6 Å². The highest BCUT2D eigenvalue weighted by Crippen LogP contribution is 2.45. The van der Waals surface area contributed by atoms with Crippen molar-refractivity contribution in [1.29, 1.82) is 5.26 Å². The number of nitrogens with one attached hydrogen (secondary N) is 1. The van der Waals surface area contributed by atoms with E-state index in [1.54, 1.807) is 17.9 Å². The number of rotatable bonds is 1. The van der Waals surface area contributed by atoms with E-state index in [1.165, 1.54) is 6.92 Å². The summed E-state index contributed by atoms with van der Waals surface area (Å²) in [5.41, 5.74) is -0.835. The van der Waals surface area contributed by atoms with Crippen molar-refractivity contribution >= 4 is 34.2 Å². The fourth-order valence-corrected chi connectivity index (χ4v) is 4.72. The molecule has 0 saturated carbocycles. The van der Waals surface area contributed by atoms with Gasteiger partial charge in [0, 0.05) is 44.2 Å². The molecule has 0 atom stereocenters. The lowest BCUT2D eigenvalue weighted by Gasteiger charge is -2.55. The number of H-pyrrole nitrogens is 1. The number of halogens is 4. The molecule has 0 bridgehead atoms.